The number of aromatic nitrogens is 3. The number of aryl methyl sites for hydroxylation is 1. The highest BCUT2D eigenvalue weighted by molar-refractivity contribution is 5.80. The molecule has 6 nitrogen and oxygen atoms in total. The van der Waals surface area contributed by atoms with E-state index in [1.54, 1.807) is 0 Å². The Balaban J connectivity index is 1.33. The van der Waals surface area contributed by atoms with Crippen LogP contribution in [0.4, 0.5) is 0 Å². The van der Waals surface area contributed by atoms with Crippen LogP contribution in [-0.4, -0.2) is 51.0 Å². The maximum Gasteiger partial charge on any atom is 0.224 e. The number of amides is 1. The molecule has 0 radical (unpaired) electrons. The van der Waals surface area contributed by atoms with Crippen molar-refractivity contribution < 1.29 is 4.79 Å². The summed E-state index contributed by atoms with van der Waals surface area (Å²) in [5.74, 6) is 1.04. The molecule has 4 heterocycles. The molecule has 1 aliphatic carbocycles. The summed E-state index contributed by atoms with van der Waals surface area (Å²) in [4.78, 5) is 14.9. The van der Waals surface area contributed by atoms with Gasteiger partial charge in [-0.3, -0.25) is 14.4 Å². The fraction of sp³-hybridized carbons (Fsp3) is 0.833. The van der Waals surface area contributed by atoms with Crippen molar-refractivity contribution in [1.82, 2.24) is 25.2 Å². The number of fused-ring (bicyclic) bond motifs is 3. The highest BCUT2D eigenvalue weighted by Crippen LogP contribution is 2.37. The van der Waals surface area contributed by atoms with Gasteiger partial charge in [-0.05, 0) is 51.0 Å². The number of nitrogens with one attached hydrogen (secondary N) is 1. The van der Waals surface area contributed by atoms with Crippen LogP contribution in [-0.2, 0) is 17.8 Å². The first-order chi connectivity index (χ1) is 11.7. The van der Waals surface area contributed by atoms with Crippen LogP contribution in [0, 0.1) is 11.8 Å². The monoisotopic (exact) mass is 331 g/mol. The average Bonchev–Trinajstić information content (AvgIpc) is 3.30. The molecule has 4 aliphatic rings. The van der Waals surface area contributed by atoms with Crippen molar-refractivity contribution in [2.75, 3.05) is 13.1 Å². The highest BCUT2D eigenvalue weighted by atomic mass is 16.2. The van der Waals surface area contributed by atoms with Crippen molar-refractivity contribution in [2.24, 2.45) is 11.8 Å². The van der Waals surface area contributed by atoms with Crippen LogP contribution in [0.15, 0.2) is 6.20 Å². The maximum atomic E-state index is 12.4. The SMILES string of the molecule is CCCCc1cn(CC2CC3CCN2CC3C(=O)NC2CC2)nn1. The summed E-state index contributed by atoms with van der Waals surface area (Å²) < 4.78 is 2.01. The average molecular weight is 331 g/mol. The Kier molecular flexibility index (Phi) is 4.57. The summed E-state index contributed by atoms with van der Waals surface area (Å²) in [5, 5.41) is 11.8. The Labute approximate surface area is 144 Å². The predicted octanol–water partition coefficient (Wildman–Crippen LogP) is 1.61. The van der Waals surface area contributed by atoms with E-state index in [1.165, 1.54) is 32.1 Å². The largest absolute Gasteiger partial charge is 0.353 e. The molecule has 6 heteroatoms. The molecule has 4 unspecified atom stereocenters. The molecule has 0 aromatic carbocycles. The third-order valence-electron chi connectivity index (χ3n) is 5.91. The molecular formula is C18H29N5O. The summed E-state index contributed by atoms with van der Waals surface area (Å²) in [6.45, 7) is 5.16. The van der Waals surface area contributed by atoms with E-state index in [-0.39, 0.29) is 5.92 Å². The van der Waals surface area contributed by atoms with E-state index in [2.05, 4.69) is 33.6 Å². The molecule has 132 valence electrons. The van der Waals surface area contributed by atoms with E-state index in [0.717, 1.165) is 38.2 Å². The summed E-state index contributed by atoms with van der Waals surface area (Å²) in [6, 6.07) is 0.981. The minimum absolute atomic E-state index is 0.200. The first-order valence-corrected chi connectivity index (χ1v) is 9.66. The number of rotatable bonds is 7. The van der Waals surface area contributed by atoms with E-state index >= 15 is 0 Å². The molecule has 24 heavy (non-hydrogen) atoms. The Morgan fingerprint density at radius 2 is 2.25 bits per heavy atom. The Morgan fingerprint density at radius 1 is 1.38 bits per heavy atom. The second kappa shape index (κ2) is 6.82. The van der Waals surface area contributed by atoms with Crippen molar-refractivity contribution in [1.29, 1.82) is 0 Å². The van der Waals surface area contributed by atoms with Gasteiger partial charge in [-0.25, -0.2) is 0 Å². The first kappa shape index (κ1) is 16.1. The number of hydrogen-bond donors (Lipinski definition) is 1. The second-order valence-corrected chi connectivity index (χ2v) is 7.86. The molecule has 4 fully saturated rings. The number of nitrogens with zero attached hydrogens (tertiary/aromatic N) is 4. The van der Waals surface area contributed by atoms with Gasteiger partial charge in [0.15, 0.2) is 0 Å². The maximum absolute atomic E-state index is 12.4. The van der Waals surface area contributed by atoms with Crippen LogP contribution in [0.1, 0.15) is 51.1 Å². The van der Waals surface area contributed by atoms with Gasteiger partial charge in [-0.2, -0.15) is 0 Å². The molecule has 3 aliphatic heterocycles. The van der Waals surface area contributed by atoms with E-state index in [4.69, 9.17) is 0 Å². The van der Waals surface area contributed by atoms with Gasteiger partial charge in [-0.15, -0.1) is 5.10 Å². The lowest BCUT2D eigenvalue weighted by atomic mass is 9.75. The van der Waals surface area contributed by atoms with Crippen LogP contribution >= 0.6 is 0 Å². The third kappa shape index (κ3) is 3.48. The minimum Gasteiger partial charge on any atom is -0.353 e. The van der Waals surface area contributed by atoms with Crippen LogP contribution in [0.2, 0.25) is 0 Å². The number of carbonyl (C=O) groups excluding carboxylic acids is 1. The summed E-state index contributed by atoms with van der Waals surface area (Å²) in [6.07, 6.45) is 10.1. The van der Waals surface area contributed by atoms with E-state index in [1.807, 2.05) is 4.68 Å². The summed E-state index contributed by atoms with van der Waals surface area (Å²) in [7, 11) is 0. The zero-order chi connectivity index (χ0) is 16.5. The van der Waals surface area contributed by atoms with Gasteiger partial charge < -0.3 is 5.32 Å². The highest BCUT2D eigenvalue weighted by Gasteiger charge is 2.44. The molecule has 1 N–H and O–H groups in total. The molecular weight excluding hydrogens is 302 g/mol. The molecule has 5 rings (SSSR count). The van der Waals surface area contributed by atoms with E-state index in [9.17, 15) is 4.79 Å². The minimum atomic E-state index is 0.200. The van der Waals surface area contributed by atoms with E-state index < -0.39 is 0 Å². The molecule has 1 aromatic heterocycles. The smallest absolute Gasteiger partial charge is 0.224 e. The topological polar surface area (TPSA) is 63.1 Å². The molecule has 3 saturated heterocycles. The Morgan fingerprint density at radius 3 is 2.96 bits per heavy atom. The van der Waals surface area contributed by atoms with Crippen LogP contribution in [0.25, 0.3) is 0 Å². The molecule has 4 atom stereocenters. The number of hydrogen-bond acceptors (Lipinski definition) is 4. The van der Waals surface area contributed by atoms with Gasteiger partial charge in [0.2, 0.25) is 5.91 Å². The standard InChI is InChI=1S/C18H29N5O/c1-2-3-4-15-10-23(21-20-15)11-16-9-13-7-8-22(16)12-17(13)18(24)19-14-5-6-14/h10,13-14,16-17H,2-9,11-12H2,1H3,(H,19,24). The third-order valence-corrected chi connectivity index (χ3v) is 5.91. The van der Waals surface area contributed by atoms with Gasteiger partial charge in [-0.1, -0.05) is 18.6 Å². The van der Waals surface area contributed by atoms with Crippen molar-refractivity contribution in [3.63, 3.8) is 0 Å². The van der Waals surface area contributed by atoms with Gasteiger partial charge in [0, 0.05) is 24.8 Å². The van der Waals surface area contributed by atoms with Crippen molar-refractivity contribution in [3.8, 4) is 0 Å². The van der Waals surface area contributed by atoms with Gasteiger partial charge in [0.25, 0.3) is 0 Å². The lowest BCUT2D eigenvalue weighted by Gasteiger charge is -2.49. The fourth-order valence-electron chi connectivity index (χ4n) is 4.28. The van der Waals surface area contributed by atoms with Gasteiger partial charge in [0.1, 0.15) is 0 Å². The lowest BCUT2D eigenvalue weighted by Crippen LogP contribution is -2.58. The van der Waals surface area contributed by atoms with E-state index in [0.29, 0.717) is 23.9 Å². The quantitative estimate of drug-likeness (QED) is 0.824. The normalized spacial score (nSPS) is 32.0. The van der Waals surface area contributed by atoms with Crippen molar-refractivity contribution in [2.45, 2.75) is 70.5 Å². The van der Waals surface area contributed by atoms with Gasteiger partial charge >= 0.3 is 0 Å². The van der Waals surface area contributed by atoms with Crippen LogP contribution in [0.3, 0.4) is 0 Å². The summed E-state index contributed by atoms with van der Waals surface area (Å²) >= 11 is 0. The zero-order valence-corrected chi connectivity index (χ0v) is 14.7. The Bertz CT molecular complexity index is 582. The molecule has 2 bridgehead atoms. The number of piperidine rings is 3. The van der Waals surface area contributed by atoms with Crippen molar-refractivity contribution >= 4 is 5.91 Å². The second-order valence-electron chi connectivity index (χ2n) is 7.86. The fourth-order valence-corrected chi connectivity index (χ4v) is 4.28. The Hall–Kier alpha value is -1.43. The summed E-state index contributed by atoms with van der Waals surface area (Å²) in [5.41, 5.74) is 1.11. The predicted molar refractivity (Wildman–Crippen MR) is 91.4 cm³/mol. The zero-order valence-electron chi connectivity index (χ0n) is 14.7. The lowest BCUT2D eigenvalue weighted by molar-refractivity contribution is -0.133. The molecule has 1 aromatic rings. The first-order valence-electron chi connectivity index (χ1n) is 9.66. The van der Waals surface area contributed by atoms with Crippen LogP contribution in [0.5, 0.6) is 0 Å². The molecule has 1 saturated carbocycles. The number of carbonyl (C=O) groups is 1. The number of unbranched alkanes of at least 4 members (excludes halogenated alkanes) is 1. The van der Waals surface area contributed by atoms with Crippen LogP contribution < -0.4 is 5.32 Å². The van der Waals surface area contributed by atoms with Gasteiger partial charge in [0.05, 0.1) is 18.2 Å². The molecule has 0 spiro atoms. The van der Waals surface area contributed by atoms with Crippen molar-refractivity contribution in [3.05, 3.63) is 11.9 Å². The molecule has 1 amide bonds.